The Hall–Kier alpha value is -2.21. The lowest BCUT2D eigenvalue weighted by Crippen LogP contribution is -2.51. The van der Waals surface area contributed by atoms with Crippen molar-refractivity contribution in [1.29, 1.82) is 0 Å². The summed E-state index contributed by atoms with van der Waals surface area (Å²) in [5.41, 5.74) is 1.41. The Labute approximate surface area is 135 Å². The van der Waals surface area contributed by atoms with Crippen LogP contribution >= 0.6 is 0 Å². The topological polar surface area (TPSA) is 54.3 Å². The van der Waals surface area contributed by atoms with Crippen LogP contribution < -0.4 is 4.90 Å². The molecule has 1 unspecified atom stereocenters. The van der Waals surface area contributed by atoms with Crippen LogP contribution in [0, 0.1) is 0 Å². The number of benzene rings is 1. The van der Waals surface area contributed by atoms with Gasteiger partial charge in [0.1, 0.15) is 0 Å². The monoisotopic (exact) mass is 311 g/mol. The number of para-hydroxylation sites is 1. The molecule has 1 aromatic carbocycles. The Kier molecular flexibility index (Phi) is 3.61. The number of rotatable bonds is 3. The average Bonchev–Trinajstić information content (AvgIpc) is 3.21. The van der Waals surface area contributed by atoms with Crippen LogP contribution in [0.3, 0.4) is 0 Å². The van der Waals surface area contributed by atoms with Gasteiger partial charge in [0, 0.05) is 32.6 Å². The van der Waals surface area contributed by atoms with Gasteiger partial charge in [-0.2, -0.15) is 4.68 Å². The quantitative estimate of drug-likeness (QED) is 0.809. The van der Waals surface area contributed by atoms with E-state index in [-0.39, 0.29) is 5.78 Å². The van der Waals surface area contributed by atoms with Crippen molar-refractivity contribution in [3.05, 3.63) is 36.0 Å². The summed E-state index contributed by atoms with van der Waals surface area (Å²) in [5, 5.41) is 8.42. The second kappa shape index (κ2) is 5.77. The summed E-state index contributed by atoms with van der Waals surface area (Å²) in [4.78, 5) is 16.9. The summed E-state index contributed by atoms with van der Waals surface area (Å²) >= 11 is 0. The molecule has 0 bridgehead atoms. The van der Waals surface area contributed by atoms with Crippen molar-refractivity contribution in [2.75, 3.05) is 31.1 Å². The highest BCUT2D eigenvalue weighted by Crippen LogP contribution is 2.28. The SMILES string of the molecule is CC(=O)c1nnn(-c2ccccc2)c1N1CCN2CCCC2C1. The molecule has 6 heteroatoms. The van der Waals surface area contributed by atoms with Crippen molar-refractivity contribution in [3.63, 3.8) is 0 Å². The number of carbonyl (C=O) groups is 1. The van der Waals surface area contributed by atoms with Gasteiger partial charge < -0.3 is 4.90 Å². The minimum absolute atomic E-state index is 0.0315. The fraction of sp³-hybridized carbons (Fsp3) is 0.471. The van der Waals surface area contributed by atoms with Crippen molar-refractivity contribution in [1.82, 2.24) is 19.9 Å². The molecule has 0 saturated carbocycles. The summed E-state index contributed by atoms with van der Waals surface area (Å²) in [7, 11) is 0. The molecule has 0 radical (unpaired) electrons. The molecule has 2 fully saturated rings. The first-order valence-electron chi connectivity index (χ1n) is 8.25. The van der Waals surface area contributed by atoms with Crippen molar-refractivity contribution in [2.24, 2.45) is 0 Å². The zero-order chi connectivity index (χ0) is 15.8. The second-order valence-corrected chi connectivity index (χ2v) is 6.34. The maximum absolute atomic E-state index is 12.0. The van der Waals surface area contributed by atoms with E-state index in [4.69, 9.17) is 0 Å². The second-order valence-electron chi connectivity index (χ2n) is 6.34. The first-order chi connectivity index (χ1) is 11.2. The third-order valence-corrected chi connectivity index (χ3v) is 4.87. The molecule has 1 aromatic heterocycles. The minimum atomic E-state index is -0.0315. The Morgan fingerprint density at radius 3 is 2.78 bits per heavy atom. The van der Waals surface area contributed by atoms with Crippen LogP contribution in [-0.2, 0) is 0 Å². The number of ketones is 1. The molecule has 2 saturated heterocycles. The zero-order valence-corrected chi connectivity index (χ0v) is 13.4. The summed E-state index contributed by atoms with van der Waals surface area (Å²) in [6.07, 6.45) is 2.51. The molecular weight excluding hydrogens is 290 g/mol. The third kappa shape index (κ3) is 2.53. The summed E-state index contributed by atoms with van der Waals surface area (Å²) in [6.45, 7) is 5.67. The van der Waals surface area contributed by atoms with E-state index in [9.17, 15) is 4.79 Å². The summed E-state index contributed by atoms with van der Waals surface area (Å²) < 4.78 is 1.81. The maximum atomic E-state index is 12.0. The fourth-order valence-electron chi connectivity index (χ4n) is 3.72. The molecule has 0 spiro atoms. The van der Waals surface area contributed by atoms with Crippen LogP contribution in [0.1, 0.15) is 30.3 Å². The number of hydrogen-bond donors (Lipinski definition) is 0. The maximum Gasteiger partial charge on any atom is 0.183 e. The van der Waals surface area contributed by atoms with E-state index in [1.54, 1.807) is 11.6 Å². The highest BCUT2D eigenvalue weighted by Gasteiger charge is 2.34. The summed E-state index contributed by atoms with van der Waals surface area (Å²) in [5.74, 6) is 0.811. The van der Waals surface area contributed by atoms with Gasteiger partial charge in [0.2, 0.25) is 0 Å². The Balaban J connectivity index is 1.74. The van der Waals surface area contributed by atoms with E-state index in [2.05, 4.69) is 20.1 Å². The lowest BCUT2D eigenvalue weighted by molar-refractivity contribution is 0.101. The number of aromatic nitrogens is 3. The molecule has 0 N–H and O–H groups in total. The predicted octanol–water partition coefficient (Wildman–Crippen LogP) is 1.75. The van der Waals surface area contributed by atoms with Gasteiger partial charge in [0.05, 0.1) is 5.69 Å². The van der Waals surface area contributed by atoms with E-state index in [1.807, 2.05) is 30.3 Å². The lowest BCUT2D eigenvalue weighted by atomic mass is 10.1. The van der Waals surface area contributed by atoms with Crippen molar-refractivity contribution < 1.29 is 4.79 Å². The van der Waals surface area contributed by atoms with Crippen LogP contribution in [0.25, 0.3) is 5.69 Å². The van der Waals surface area contributed by atoms with Crippen LogP contribution in [0.5, 0.6) is 0 Å². The van der Waals surface area contributed by atoms with E-state index >= 15 is 0 Å². The molecule has 2 aromatic rings. The van der Waals surface area contributed by atoms with Gasteiger partial charge in [-0.3, -0.25) is 9.69 Å². The van der Waals surface area contributed by atoms with Gasteiger partial charge in [0.25, 0.3) is 0 Å². The van der Waals surface area contributed by atoms with E-state index in [1.165, 1.54) is 19.4 Å². The predicted molar refractivity (Wildman–Crippen MR) is 88.2 cm³/mol. The van der Waals surface area contributed by atoms with Gasteiger partial charge in [-0.05, 0) is 31.5 Å². The molecule has 23 heavy (non-hydrogen) atoms. The molecule has 0 amide bonds. The molecule has 3 heterocycles. The van der Waals surface area contributed by atoms with E-state index in [0.29, 0.717) is 11.7 Å². The highest BCUT2D eigenvalue weighted by atomic mass is 16.1. The molecule has 4 rings (SSSR count). The van der Waals surface area contributed by atoms with Crippen LogP contribution in [0.15, 0.2) is 30.3 Å². The van der Waals surface area contributed by atoms with Crippen LogP contribution in [0.2, 0.25) is 0 Å². The smallest absolute Gasteiger partial charge is 0.183 e. The van der Waals surface area contributed by atoms with Gasteiger partial charge >= 0.3 is 0 Å². The highest BCUT2D eigenvalue weighted by molar-refractivity contribution is 5.97. The number of carbonyl (C=O) groups excluding carboxylic acids is 1. The van der Waals surface area contributed by atoms with Gasteiger partial charge in [0.15, 0.2) is 17.3 Å². The number of hydrogen-bond acceptors (Lipinski definition) is 5. The number of Topliss-reactive ketones (excluding diaryl/α,β-unsaturated/α-hetero) is 1. The van der Waals surface area contributed by atoms with Crippen LogP contribution in [0.4, 0.5) is 5.82 Å². The van der Waals surface area contributed by atoms with Crippen LogP contribution in [-0.4, -0.2) is 57.9 Å². The Morgan fingerprint density at radius 2 is 2.00 bits per heavy atom. The van der Waals surface area contributed by atoms with E-state index < -0.39 is 0 Å². The van der Waals surface area contributed by atoms with Gasteiger partial charge in [-0.1, -0.05) is 23.4 Å². The number of nitrogens with zero attached hydrogens (tertiary/aromatic N) is 5. The zero-order valence-electron chi connectivity index (χ0n) is 13.4. The number of fused-ring (bicyclic) bond motifs is 1. The Morgan fingerprint density at radius 1 is 1.17 bits per heavy atom. The molecule has 0 aliphatic carbocycles. The molecule has 2 aliphatic rings. The molecule has 2 aliphatic heterocycles. The fourth-order valence-corrected chi connectivity index (χ4v) is 3.72. The summed E-state index contributed by atoms with van der Waals surface area (Å²) in [6, 6.07) is 10.5. The largest absolute Gasteiger partial charge is 0.352 e. The van der Waals surface area contributed by atoms with Gasteiger partial charge in [-0.15, -0.1) is 5.10 Å². The first-order valence-corrected chi connectivity index (χ1v) is 8.25. The first kappa shape index (κ1) is 14.4. The molecule has 120 valence electrons. The lowest BCUT2D eigenvalue weighted by Gasteiger charge is -2.38. The minimum Gasteiger partial charge on any atom is -0.352 e. The van der Waals surface area contributed by atoms with Crippen molar-refractivity contribution >= 4 is 11.6 Å². The van der Waals surface area contributed by atoms with Crippen molar-refractivity contribution in [2.45, 2.75) is 25.8 Å². The average molecular weight is 311 g/mol. The number of piperazine rings is 1. The van der Waals surface area contributed by atoms with Gasteiger partial charge in [-0.25, -0.2) is 0 Å². The standard InChI is InChI=1S/C17H21N5O/c1-13(23)16-17(21-11-10-20-9-5-8-15(20)12-21)22(19-18-16)14-6-3-2-4-7-14/h2-4,6-7,15H,5,8-12H2,1H3. The normalized spacial score (nSPS) is 21.4. The third-order valence-electron chi connectivity index (χ3n) is 4.87. The molecule has 6 nitrogen and oxygen atoms in total. The number of anilines is 1. The Bertz CT molecular complexity index is 711. The van der Waals surface area contributed by atoms with Crippen molar-refractivity contribution in [3.8, 4) is 5.69 Å². The van der Waals surface area contributed by atoms with E-state index in [0.717, 1.165) is 31.1 Å². The molecular formula is C17H21N5O. The molecule has 1 atom stereocenters.